The first-order chi connectivity index (χ1) is 7.58. The van der Waals surface area contributed by atoms with E-state index in [0.29, 0.717) is 12.5 Å². The number of nitrogens with one attached hydrogen (secondary N) is 1. The number of anilines is 2. The molecule has 1 aromatic rings. The number of carboxylic acids is 1. The molecule has 0 amide bonds. The lowest BCUT2D eigenvalue weighted by Gasteiger charge is -2.08. The summed E-state index contributed by atoms with van der Waals surface area (Å²) in [7, 11) is 0. The normalized spacial score (nSPS) is 14.8. The van der Waals surface area contributed by atoms with Crippen LogP contribution in [0.15, 0.2) is 0 Å². The number of nitrogens with two attached hydrogens (primary N) is 1. The summed E-state index contributed by atoms with van der Waals surface area (Å²) in [5.74, 6) is -0.362. The Morgan fingerprint density at radius 3 is 2.81 bits per heavy atom. The van der Waals surface area contributed by atoms with Crippen molar-refractivity contribution in [2.45, 2.75) is 12.8 Å². The van der Waals surface area contributed by atoms with E-state index in [4.69, 9.17) is 22.4 Å². The highest BCUT2D eigenvalue weighted by Gasteiger charge is 2.23. The molecule has 0 unspecified atom stereocenters. The first-order valence-electron chi connectivity index (χ1n) is 4.88. The summed E-state index contributed by atoms with van der Waals surface area (Å²) < 4.78 is 0. The van der Waals surface area contributed by atoms with Gasteiger partial charge in [0, 0.05) is 6.54 Å². The number of rotatable bonds is 4. The number of nitrogens with zero attached hydrogens (tertiary/aromatic N) is 2. The summed E-state index contributed by atoms with van der Waals surface area (Å²) in [6.07, 6.45) is 2.32. The lowest BCUT2D eigenvalue weighted by molar-refractivity contribution is 0.0691. The second kappa shape index (κ2) is 4.13. The number of carboxylic acid groups (broad SMARTS) is 1. The molecule has 0 aliphatic heterocycles. The second-order valence-corrected chi connectivity index (χ2v) is 4.08. The Kier molecular flexibility index (Phi) is 2.82. The minimum Gasteiger partial charge on any atom is -0.476 e. The van der Waals surface area contributed by atoms with Gasteiger partial charge >= 0.3 is 5.97 Å². The van der Waals surface area contributed by atoms with Crippen molar-refractivity contribution < 1.29 is 9.90 Å². The van der Waals surface area contributed by atoms with Crippen LogP contribution in [0.5, 0.6) is 0 Å². The van der Waals surface area contributed by atoms with Crippen LogP contribution in [-0.2, 0) is 0 Å². The molecule has 1 saturated carbocycles. The van der Waals surface area contributed by atoms with E-state index in [0.717, 1.165) is 12.8 Å². The van der Waals surface area contributed by atoms with Gasteiger partial charge in [-0.2, -0.15) is 0 Å². The van der Waals surface area contributed by atoms with Crippen molar-refractivity contribution in [2.24, 2.45) is 5.92 Å². The lowest BCUT2D eigenvalue weighted by Crippen LogP contribution is -2.14. The molecule has 0 spiro atoms. The van der Waals surface area contributed by atoms with Crippen LogP contribution in [0.3, 0.4) is 0 Å². The highest BCUT2D eigenvalue weighted by molar-refractivity contribution is 6.31. The van der Waals surface area contributed by atoms with E-state index in [1.54, 1.807) is 0 Å². The fourth-order valence-electron chi connectivity index (χ4n) is 1.26. The zero-order valence-corrected chi connectivity index (χ0v) is 9.16. The van der Waals surface area contributed by atoms with E-state index in [-0.39, 0.29) is 22.5 Å². The third-order valence-electron chi connectivity index (χ3n) is 2.34. The monoisotopic (exact) mass is 242 g/mol. The average Bonchev–Trinajstić information content (AvgIpc) is 3.02. The maximum Gasteiger partial charge on any atom is 0.358 e. The van der Waals surface area contributed by atoms with Crippen LogP contribution >= 0.6 is 11.6 Å². The molecule has 86 valence electrons. The highest BCUT2D eigenvalue weighted by atomic mass is 35.5. The third kappa shape index (κ3) is 2.33. The SMILES string of the molecule is Nc1nc(NCC2CC2)c(C(=O)O)nc1Cl. The second-order valence-electron chi connectivity index (χ2n) is 3.73. The van der Waals surface area contributed by atoms with Crippen LogP contribution in [0.2, 0.25) is 5.15 Å². The Morgan fingerprint density at radius 1 is 1.56 bits per heavy atom. The van der Waals surface area contributed by atoms with E-state index in [1.165, 1.54) is 0 Å². The van der Waals surface area contributed by atoms with Gasteiger partial charge in [-0.25, -0.2) is 14.8 Å². The molecule has 4 N–H and O–H groups in total. The molecular formula is C9H11ClN4O2. The summed E-state index contributed by atoms with van der Waals surface area (Å²) in [5, 5.41) is 11.8. The largest absolute Gasteiger partial charge is 0.476 e. The number of carbonyl (C=O) groups is 1. The van der Waals surface area contributed by atoms with Crippen LogP contribution < -0.4 is 11.1 Å². The number of halogens is 1. The summed E-state index contributed by atoms with van der Waals surface area (Å²) in [4.78, 5) is 18.5. The molecule has 0 atom stereocenters. The van der Waals surface area contributed by atoms with Gasteiger partial charge in [-0.05, 0) is 18.8 Å². The van der Waals surface area contributed by atoms with E-state index in [2.05, 4.69) is 15.3 Å². The zero-order valence-electron chi connectivity index (χ0n) is 8.40. The van der Waals surface area contributed by atoms with Crippen molar-refractivity contribution in [3.8, 4) is 0 Å². The summed E-state index contributed by atoms with van der Waals surface area (Å²) >= 11 is 5.62. The lowest BCUT2D eigenvalue weighted by atomic mass is 10.3. The van der Waals surface area contributed by atoms with Crippen LogP contribution in [-0.4, -0.2) is 27.6 Å². The standard InChI is InChI=1S/C9H11ClN4O2/c10-6-7(11)14-8(5(13-6)9(15)16)12-3-4-1-2-4/h4H,1-3H2,(H,15,16)(H3,11,12,14). The predicted molar refractivity (Wildman–Crippen MR) is 59.6 cm³/mol. The van der Waals surface area contributed by atoms with Crippen LogP contribution in [0.4, 0.5) is 11.6 Å². The van der Waals surface area contributed by atoms with Crippen LogP contribution in [0.25, 0.3) is 0 Å². The van der Waals surface area contributed by atoms with Gasteiger partial charge in [0.15, 0.2) is 22.5 Å². The number of nitrogen functional groups attached to an aromatic ring is 1. The quantitative estimate of drug-likeness (QED) is 0.734. The molecule has 6 nitrogen and oxygen atoms in total. The fraction of sp³-hybridized carbons (Fsp3) is 0.444. The molecule has 0 bridgehead atoms. The highest BCUT2D eigenvalue weighted by Crippen LogP contribution is 2.29. The van der Waals surface area contributed by atoms with Gasteiger partial charge in [-0.3, -0.25) is 0 Å². The molecule has 1 fully saturated rings. The Labute approximate surface area is 96.8 Å². The molecule has 0 radical (unpaired) electrons. The van der Waals surface area contributed by atoms with Crippen molar-refractivity contribution in [1.29, 1.82) is 0 Å². The fourth-order valence-corrected chi connectivity index (χ4v) is 1.39. The van der Waals surface area contributed by atoms with E-state index < -0.39 is 5.97 Å². The van der Waals surface area contributed by atoms with Gasteiger partial charge in [0.25, 0.3) is 0 Å². The average molecular weight is 243 g/mol. The van der Waals surface area contributed by atoms with E-state index in [1.807, 2.05) is 0 Å². The Balaban J connectivity index is 2.24. The Morgan fingerprint density at radius 2 is 2.25 bits per heavy atom. The molecule has 1 aromatic heterocycles. The van der Waals surface area contributed by atoms with Gasteiger partial charge in [-0.15, -0.1) is 0 Å². The van der Waals surface area contributed by atoms with Crippen molar-refractivity contribution in [1.82, 2.24) is 9.97 Å². The number of hydrogen-bond acceptors (Lipinski definition) is 5. The number of aromatic nitrogens is 2. The van der Waals surface area contributed by atoms with Gasteiger partial charge in [0.1, 0.15) is 0 Å². The Hall–Kier alpha value is -1.56. The van der Waals surface area contributed by atoms with Crippen molar-refractivity contribution in [3.05, 3.63) is 10.8 Å². The summed E-state index contributed by atoms with van der Waals surface area (Å²) in [5.41, 5.74) is 5.28. The van der Waals surface area contributed by atoms with E-state index in [9.17, 15) is 4.79 Å². The minimum atomic E-state index is -1.17. The molecule has 1 aliphatic rings. The maximum absolute atomic E-state index is 10.9. The topological polar surface area (TPSA) is 101 Å². The summed E-state index contributed by atoms with van der Waals surface area (Å²) in [6.45, 7) is 0.691. The third-order valence-corrected chi connectivity index (χ3v) is 2.61. The van der Waals surface area contributed by atoms with Crippen LogP contribution in [0, 0.1) is 5.92 Å². The maximum atomic E-state index is 10.9. The molecule has 0 saturated heterocycles. The number of hydrogen-bond donors (Lipinski definition) is 3. The van der Waals surface area contributed by atoms with Crippen molar-refractivity contribution in [2.75, 3.05) is 17.6 Å². The molecular weight excluding hydrogens is 232 g/mol. The van der Waals surface area contributed by atoms with Gasteiger partial charge < -0.3 is 16.2 Å². The Bertz CT molecular complexity index is 434. The molecule has 16 heavy (non-hydrogen) atoms. The first-order valence-corrected chi connectivity index (χ1v) is 5.26. The smallest absolute Gasteiger partial charge is 0.358 e. The van der Waals surface area contributed by atoms with Gasteiger partial charge in [0.2, 0.25) is 0 Å². The molecule has 2 rings (SSSR count). The zero-order chi connectivity index (χ0) is 11.7. The first kappa shape index (κ1) is 10.9. The molecule has 0 aromatic carbocycles. The number of aromatic carboxylic acids is 1. The van der Waals surface area contributed by atoms with Crippen molar-refractivity contribution in [3.63, 3.8) is 0 Å². The summed E-state index contributed by atoms with van der Waals surface area (Å²) in [6, 6.07) is 0. The minimum absolute atomic E-state index is 0.0324. The molecule has 1 aliphatic carbocycles. The van der Waals surface area contributed by atoms with Gasteiger partial charge in [-0.1, -0.05) is 11.6 Å². The van der Waals surface area contributed by atoms with Gasteiger partial charge in [0.05, 0.1) is 0 Å². The van der Waals surface area contributed by atoms with E-state index >= 15 is 0 Å². The molecule has 7 heteroatoms. The predicted octanol–water partition coefficient (Wildman–Crippen LogP) is 1.23. The molecule has 1 heterocycles. The van der Waals surface area contributed by atoms with Crippen molar-refractivity contribution >= 4 is 29.2 Å². The van der Waals surface area contributed by atoms with Crippen LogP contribution in [0.1, 0.15) is 23.3 Å².